The molecule has 2 aromatic carbocycles. The van der Waals surface area contributed by atoms with Gasteiger partial charge < -0.3 is 10.1 Å². The van der Waals surface area contributed by atoms with E-state index in [2.05, 4.69) is 10.1 Å². The van der Waals surface area contributed by atoms with Crippen LogP contribution >= 0.6 is 0 Å². The maximum Gasteiger partial charge on any atom is 0.387 e. The normalized spacial score (nSPS) is 15.6. The molecule has 1 aliphatic rings. The van der Waals surface area contributed by atoms with Crippen LogP contribution in [0.4, 0.5) is 13.2 Å². The lowest BCUT2D eigenvalue weighted by atomic mass is 10.1. The van der Waals surface area contributed by atoms with Gasteiger partial charge in [-0.25, -0.2) is 12.8 Å². The molecule has 0 saturated carbocycles. The van der Waals surface area contributed by atoms with Gasteiger partial charge in [-0.1, -0.05) is 18.2 Å². The predicted octanol–water partition coefficient (Wildman–Crippen LogP) is 2.09. The molecule has 7 nitrogen and oxygen atoms in total. The summed E-state index contributed by atoms with van der Waals surface area (Å²) >= 11 is 0. The zero-order valence-corrected chi connectivity index (χ0v) is 18.0. The van der Waals surface area contributed by atoms with Crippen molar-refractivity contribution in [2.45, 2.75) is 17.9 Å². The van der Waals surface area contributed by atoms with Crippen LogP contribution in [-0.4, -0.2) is 69.4 Å². The van der Waals surface area contributed by atoms with Crippen LogP contribution in [0.5, 0.6) is 5.75 Å². The molecule has 0 bridgehead atoms. The van der Waals surface area contributed by atoms with E-state index >= 15 is 0 Å². The fraction of sp³-hybridized carbons (Fsp3) is 0.381. The zero-order valence-electron chi connectivity index (χ0n) is 17.2. The minimum absolute atomic E-state index is 0.0753. The van der Waals surface area contributed by atoms with Crippen molar-refractivity contribution >= 4 is 15.9 Å². The van der Waals surface area contributed by atoms with Crippen molar-refractivity contribution in [2.75, 3.05) is 39.3 Å². The Morgan fingerprint density at radius 3 is 2.38 bits per heavy atom. The van der Waals surface area contributed by atoms with E-state index in [1.54, 1.807) is 12.1 Å². The van der Waals surface area contributed by atoms with Crippen molar-refractivity contribution in [1.29, 1.82) is 0 Å². The van der Waals surface area contributed by atoms with Gasteiger partial charge in [0.05, 0.1) is 11.4 Å². The fourth-order valence-electron chi connectivity index (χ4n) is 3.35. The number of rotatable bonds is 9. The largest absolute Gasteiger partial charge is 0.435 e. The van der Waals surface area contributed by atoms with Crippen molar-refractivity contribution in [3.05, 3.63) is 59.9 Å². The van der Waals surface area contributed by atoms with Crippen LogP contribution in [0.25, 0.3) is 0 Å². The highest BCUT2D eigenvalue weighted by atomic mass is 32.2. The van der Waals surface area contributed by atoms with E-state index in [0.29, 0.717) is 26.1 Å². The molecule has 1 heterocycles. The van der Waals surface area contributed by atoms with Crippen LogP contribution in [0.2, 0.25) is 0 Å². The molecule has 2 aromatic rings. The Balaban J connectivity index is 1.40. The first-order valence-corrected chi connectivity index (χ1v) is 11.5. The van der Waals surface area contributed by atoms with Gasteiger partial charge in [-0.2, -0.15) is 13.1 Å². The third-order valence-corrected chi connectivity index (χ3v) is 6.91. The Hall–Kier alpha value is -2.63. The minimum Gasteiger partial charge on any atom is -0.435 e. The summed E-state index contributed by atoms with van der Waals surface area (Å²) in [6.07, 6.45) is 0.528. The Kier molecular flexibility index (Phi) is 8.10. The second kappa shape index (κ2) is 10.8. The summed E-state index contributed by atoms with van der Waals surface area (Å²) in [4.78, 5) is 13.9. The van der Waals surface area contributed by atoms with E-state index in [4.69, 9.17) is 0 Å². The van der Waals surface area contributed by atoms with Crippen molar-refractivity contribution in [3.63, 3.8) is 0 Å². The molecule has 11 heteroatoms. The number of amides is 1. The molecule has 0 aromatic heterocycles. The number of carbonyl (C=O) groups is 1. The van der Waals surface area contributed by atoms with Crippen LogP contribution in [0, 0.1) is 5.82 Å². The lowest BCUT2D eigenvalue weighted by Crippen LogP contribution is -2.51. The summed E-state index contributed by atoms with van der Waals surface area (Å²) in [6.45, 7) is -1.18. The highest BCUT2D eigenvalue weighted by Gasteiger charge is 2.29. The molecule has 3 rings (SSSR count). The van der Waals surface area contributed by atoms with E-state index < -0.39 is 22.5 Å². The molecule has 1 amide bonds. The summed E-state index contributed by atoms with van der Waals surface area (Å²) < 4.78 is 68.5. The highest BCUT2D eigenvalue weighted by molar-refractivity contribution is 7.89. The van der Waals surface area contributed by atoms with Crippen LogP contribution in [-0.2, 0) is 21.2 Å². The number of alkyl halides is 2. The lowest BCUT2D eigenvalue weighted by Gasteiger charge is -2.33. The van der Waals surface area contributed by atoms with Gasteiger partial charge in [0.25, 0.3) is 0 Å². The Morgan fingerprint density at radius 2 is 1.75 bits per heavy atom. The number of nitrogens with zero attached hydrogens (tertiary/aromatic N) is 2. The van der Waals surface area contributed by atoms with Gasteiger partial charge >= 0.3 is 6.61 Å². The van der Waals surface area contributed by atoms with E-state index in [9.17, 15) is 26.4 Å². The van der Waals surface area contributed by atoms with Crippen LogP contribution in [0.3, 0.4) is 0 Å². The number of halogens is 3. The number of ether oxygens (including phenoxy) is 1. The Labute approximate surface area is 184 Å². The summed E-state index contributed by atoms with van der Waals surface area (Å²) in [6, 6.07) is 11.1. The second-order valence-corrected chi connectivity index (χ2v) is 9.20. The smallest absolute Gasteiger partial charge is 0.387 e. The SMILES string of the molecule is O=C(CN1CCN(S(=O)(=O)c2cccc(F)c2)CC1)NCCc1ccc(OC(F)F)cc1. The molecule has 1 aliphatic heterocycles. The molecule has 1 N–H and O–H groups in total. The Bertz CT molecular complexity index is 1010. The number of hydrogen-bond acceptors (Lipinski definition) is 5. The van der Waals surface area contributed by atoms with Gasteiger partial charge in [0.2, 0.25) is 15.9 Å². The van der Waals surface area contributed by atoms with E-state index in [0.717, 1.165) is 11.6 Å². The molecular formula is C21H24F3N3O4S. The molecule has 32 heavy (non-hydrogen) atoms. The van der Waals surface area contributed by atoms with Crippen molar-refractivity contribution in [2.24, 2.45) is 0 Å². The molecular weight excluding hydrogens is 447 g/mol. The summed E-state index contributed by atoms with van der Waals surface area (Å²) in [5, 5.41) is 2.79. The third kappa shape index (κ3) is 6.68. The van der Waals surface area contributed by atoms with Crippen molar-refractivity contribution in [3.8, 4) is 5.75 Å². The van der Waals surface area contributed by atoms with Crippen LogP contribution < -0.4 is 10.1 Å². The first-order valence-electron chi connectivity index (χ1n) is 10.0. The third-order valence-electron chi connectivity index (χ3n) is 5.02. The molecule has 0 aliphatic carbocycles. The summed E-state index contributed by atoms with van der Waals surface area (Å²) in [5.41, 5.74) is 0.864. The standard InChI is InChI=1S/C21H24F3N3O4S/c22-17-2-1-3-19(14-17)32(29,30)27-12-10-26(11-13-27)15-20(28)25-9-8-16-4-6-18(7-5-16)31-21(23)24/h1-7,14,21H,8-13,15H2,(H,25,28). The topological polar surface area (TPSA) is 79.0 Å². The molecule has 0 spiro atoms. The highest BCUT2D eigenvalue weighted by Crippen LogP contribution is 2.18. The number of benzene rings is 2. The molecule has 174 valence electrons. The van der Waals surface area contributed by atoms with Crippen molar-refractivity contribution in [1.82, 2.24) is 14.5 Å². The minimum atomic E-state index is -3.78. The predicted molar refractivity (Wildman–Crippen MR) is 111 cm³/mol. The lowest BCUT2D eigenvalue weighted by molar-refractivity contribution is -0.122. The molecule has 0 atom stereocenters. The van der Waals surface area contributed by atoms with Gasteiger partial charge in [0.15, 0.2) is 0 Å². The number of nitrogens with one attached hydrogen (secondary N) is 1. The average Bonchev–Trinajstić information content (AvgIpc) is 2.75. The zero-order chi connectivity index (χ0) is 23.1. The quantitative estimate of drug-likeness (QED) is 0.606. The van der Waals surface area contributed by atoms with Crippen LogP contribution in [0.15, 0.2) is 53.4 Å². The summed E-state index contributed by atoms with van der Waals surface area (Å²) in [7, 11) is -3.78. The maximum absolute atomic E-state index is 13.4. The molecule has 1 saturated heterocycles. The van der Waals surface area contributed by atoms with E-state index in [1.807, 2.05) is 4.90 Å². The first-order chi connectivity index (χ1) is 15.2. The van der Waals surface area contributed by atoms with Gasteiger partial charge in [-0.05, 0) is 42.3 Å². The van der Waals surface area contributed by atoms with Crippen LogP contribution in [0.1, 0.15) is 5.56 Å². The molecule has 0 radical (unpaired) electrons. The molecule has 1 fully saturated rings. The number of carbonyl (C=O) groups excluding carboxylic acids is 1. The number of sulfonamides is 1. The second-order valence-electron chi connectivity index (χ2n) is 7.26. The monoisotopic (exact) mass is 471 g/mol. The Morgan fingerprint density at radius 1 is 1.06 bits per heavy atom. The van der Waals surface area contributed by atoms with Gasteiger partial charge in [0, 0.05) is 32.7 Å². The first kappa shape index (κ1) is 24.0. The van der Waals surface area contributed by atoms with Gasteiger partial charge in [-0.3, -0.25) is 9.69 Å². The van der Waals surface area contributed by atoms with Crippen molar-refractivity contribution < 1.29 is 31.1 Å². The van der Waals surface area contributed by atoms with Gasteiger partial charge in [-0.15, -0.1) is 0 Å². The average molecular weight is 472 g/mol. The van der Waals surface area contributed by atoms with Gasteiger partial charge in [0.1, 0.15) is 11.6 Å². The summed E-state index contributed by atoms with van der Waals surface area (Å²) in [5.74, 6) is -0.728. The van der Waals surface area contributed by atoms with E-state index in [-0.39, 0.29) is 36.2 Å². The molecule has 0 unspecified atom stereocenters. The fourth-order valence-corrected chi connectivity index (χ4v) is 4.80. The maximum atomic E-state index is 13.4. The number of piperazine rings is 1. The van der Waals surface area contributed by atoms with E-state index in [1.165, 1.54) is 34.6 Å². The number of hydrogen-bond donors (Lipinski definition) is 1.